The molecular weight excluding hydrogens is 400 g/mol. The van der Waals surface area contributed by atoms with Gasteiger partial charge in [-0.05, 0) is 42.3 Å². The standard InChI is InChI=1S/C23H19ClN4O2/c1-15-12-13-19(18(24)14-15)25-23(29)26-20(16-8-4-2-5-9-16)22-28-27-21(30-22)17-10-6-3-7-11-17/h2-14,20H,1H3,(H2,25,26,29). The number of anilines is 1. The predicted octanol–water partition coefficient (Wildman–Crippen LogP) is 5.61. The summed E-state index contributed by atoms with van der Waals surface area (Å²) in [5, 5.41) is 14.4. The number of urea groups is 1. The van der Waals surface area contributed by atoms with E-state index < -0.39 is 12.1 Å². The van der Waals surface area contributed by atoms with Crippen LogP contribution < -0.4 is 10.6 Å². The lowest BCUT2D eigenvalue weighted by atomic mass is 10.1. The fraction of sp³-hybridized carbons (Fsp3) is 0.0870. The maximum absolute atomic E-state index is 12.7. The fourth-order valence-electron chi connectivity index (χ4n) is 2.99. The molecule has 0 saturated carbocycles. The van der Waals surface area contributed by atoms with Gasteiger partial charge in [0.2, 0.25) is 11.8 Å². The normalized spacial score (nSPS) is 11.7. The van der Waals surface area contributed by atoms with Gasteiger partial charge in [0.05, 0.1) is 10.7 Å². The summed E-state index contributed by atoms with van der Waals surface area (Å²) in [7, 11) is 0. The molecule has 0 bridgehead atoms. The lowest BCUT2D eigenvalue weighted by Gasteiger charge is -2.17. The minimum absolute atomic E-state index is 0.283. The van der Waals surface area contributed by atoms with E-state index in [0.29, 0.717) is 16.6 Å². The van der Waals surface area contributed by atoms with Crippen LogP contribution in [0.1, 0.15) is 23.1 Å². The van der Waals surface area contributed by atoms with Gasteiger partial charge in [-0.2, -0.15) is 0 Å². The Morgan fingerprint density at radius 3 is 2.37 bits per heavy atom. The van der Waals surface area contributed by atoms with E-state index in [-0.39, 0.29) is 5.89 Å². The second kappa shape index (κ2) is 8.80. The highest BCUT2D eigenvalue weighted by Gasteiger charge is 2.23. The summed E-state index contributed by atoms with van der Waals surface area (Å²) in [5.74, 6) is 0.667. The number of benzene rings is 3. The van der Waals surface area contributed by atoms with Gasteiger partial charge in [0.15, 0.2) is 0 Å². The van der Waals surface area contributed by atoms with E-state index >= 15 is 0 Å². The van der Waals surface area contributed by atoms with Crippen LogP contribution in [-0.2, 0) is 0 Å². The molecule has 2 N–H and O–H groups in total. The second-order valence-corrected chi connectivity index (χ2v) is 7.14. The van der Waals surface area contributed by atoms with Crippen molar-refractivity contribution in [3.8, 4) is 11.5 Å². The number of aryl methyl sites for hydroxylation is 1. The fourth-order valence-corrected chi connectivity index (χ4v) is 3.28. The van der Waals surface area contributed by atoms with Gasteiger partial charge in [-0.3, -0.25) is 0 Å². The van der Waals surface area contributed by atoms with Crippen molar-refractivity contribution in [2.24, 2.45) is 0 Å². The van der Waals surface area contributed by atoms with Crippen molar-refractivity contribution in [2.45, 2.75) is 13.0 Å². The molecule has 0 radical (unpaired) electrons. The van der Waals surface area contributed by atoms with E-state index in [1.165, 1.54) is 0 Å². The number of halogens is 1. The van der Waals surface area contributed by atoms with Crippen molar-refractivity contribution in [3.63, 3.8) is 0 Å². The Balaban J connectivity index is 1.60. The Kier molecular flexibility index (Phi) is 5.77. The minimum Gasteiger partial charge on any atom is -0.418 e. The first-order chi connectivity index (χ1) is 14.6. The topological polar surface area (TPSA) is 80.0 Å². The van der Waals surface area contributed by atoms with Crippen molar-refractivity contribution in [2.75, 3.05) is 5.32 Å². The molecule has 0 spiro atoms. The number of aromatic nitrogens is 2. The Morgan fingerprint density at radius 1 is 0.967 bits per heavy atom. The summed E-state index contributed by atoms with van der Waals surface area (Å²) in [4.78, 5) is 12.7. The Bertz CT molecular complexity index is 1150. The van der Waals surface area contributed by atoms with Gasteiger partial charge in [-0.25, -0.2) is 4.79 Å². The number of amides is 2. The number of hydrogen-bond donors (Lipinski definition) is 2. The Morgan fingerprint density at radius 2 is 1.67 bits per heavy atom. The average molecular weight is 419 g/mol. The van der Waals surface area contributed by atoms with Gasteiger partial charge in [-0.1, -0.05) is 66.2 Å². The predicted molar refractivity (Wildman–Crippen MR) is 116 cm³/mol. The van der Waals surface area contributed by atoms with Gasteiger partial charge >= 0.3 is 6.03 Å². The first-order valence-corrected chi connectivity index (χ1v) is 9.75. The summed E-state index contributed by atoms with van der Waals surface area (Å²) in [6.45, 7) is 1.93. The Labute approximate surface area is 178 Å². The minimum atomic E-state index is -0.625. The van der Waals surface area contributed by atoms with Crippen LogP contribution in [0.25, 0.3) is 11.5 Å². The quantitative estimate of drug-likeness (QED) is 0.441. The molecule has 150 valence electrons. The summed E-state index contributed by atoms with van der Waals surface area (Å²) >= 11 is 6.23. The molecule has 30 heavy (non-hydrogen) atoms. The highest BCUT2D eigenvalue weighted by Crippen LogP contribution is 2.26. The summed E-state index contributed by atoms with van der Waals surface area (Å²) in [6.07, 6.45) is 0. The molecule has 0 aliphatic heterocycles. The van der Waals surface area contributed by atoms with E-state index in [9.17, 15) is 4.79 Å². The molecule has 6 nitrogen and oxygen atoms in total. The first-order valence-electron chi connectivity index (χ1n) is 9.37. The summed E-state index contributed by atoms with van der Waals surface area (Å²) in [6, 6.07) is 23.3. The largest absolute Gasteiger partial charge is 0.418 e. The van der Waals surface area contributed by atoms with E-state index in [1.54, 1.807) is 12.1 Å². The van der Waals surface area contributed by atoms with Gasteiger partial charge < -0.3 is 15.1 Å². The molecule has 3 aromatic carbocycles. The number of rotatable bonds is 5. The molecule has 1 unspecified atom stereocenters. The van der Waals surface area contributed by atoms with Crippen LogP contribution in [0.5, 0.6) is 0 Å². The molecule has 1 aromatic heterocycles. The molecule has 7 heteroatoms. The van der Waals surface area contributed by atoms with Crippen LogP contribution in [0, 0.1) is 6.92 Å². The van der Waals surface area contributed by atoms with Crippen molar-refractivity contribution in [1.82, 2.24) is 15.5 Å². The SMILES string of the molecule is Cc1ccc(NC(=O)NC(c2ccccc2)c2nnc(-c3ccccc3)o2)c(Cl)c1. The smallest absolute Gasteiger partial charge is 0.320 e. The maximum Gasteiger partial charge on any atom is 0.320 e. The number of hydrogen-bond acceptors (Lipinski definition) is 4. The highest BCUT2D eigenvalue weighted by atomic mass is 35.5. The molecule has 0 aliphatic rings. The third-order valence-electron chi connectivity index (χ3n) is 4.49. The maximum atomic E-state index is 12.7. The van der Waals surface area contributed by atoms with Crippen molar-refractivity contribution in [3.05, 3.63) is 101 Å². The zero-order valence-electron chi connectivity index (χ0n) is 16.2. The molecule has 1 atom stereocenters. The zero-order chi connectivity index (χ0) is 20.9. The summed E-state index contributed by atoms with van der Waals surface area (Å²) < 4.78 is 5.89. The van der Waals surface area contributed by atoms with Crippen molar-refractivity contribution in [1.29, 1.82) is 0 Å². The van der Waals surface area contributed by atoms with Crippen molar-refractivity contribution >= 4 is 23.3 Å². The lowest BCUT2D eigenvalue weighted by molar-refractivity contribution is 0.248. The lowest BCUT2D eigenvalue weighted by Crippen LogP contribution is -2.33. The average Bonchev–Trinajstić information content (AvgIpc) is 3.25. The molecule has 1 heterocycles. The van der Waals surface area contributed by atoms with Gasteiger partial charge in [0, 0.05) is 5.56 Å². The van der Waals surface area contributed by atoms with Crippen LogP contribution in [0.15, 0.2) is 83.3 Å². The van der Waals surface area contributed by atoms with E-state index in [0.717, 1.165) is 16.7 Å². The van der Waals surface area contributed by atoms with Crippen LogP contribution in [0.2, 0.25) is 5.02 Å². The van der Waals surface area contributed by atoms with Crippen LogP contribution >= 0.6 is 11.6 Å². The molecule has 4 rings (SSSR count). The first kappa shape index (κ1) is 19.7. The second-order valence-electron chi connectivity index (χ2n) is 6.74. The molecule has 2 amide bonds. The number of nitrogens with zero attached hydrogens (tertiary/aromatic N) is 2. The number of carbonyl (C=O) groups is 1. The summed E-state index contributed by atoms with van der Waals surface area (Å²) in [5.41, 5.74) is 3.14. The van der Waals surface area contributed by atoms with E-state index in [1.807, 2.05) is 73.7 Å². The molecule has 0 aliphatic carbocycles. The highest BCUT2D eigenvalue weighted by molar-refractivity contribution is 6.33. The third-order valence-corrected chi connectivity index (χ3v) is 4.80. The van der Waals surface area contributed by atoms with E-state index in [2.05, 4.69) is 20.8 Å². The molecule has 0 saturated heterocycles. The Hall–Kier alpha value is -3.64. The van der Waals surface area contributed by atoms with Crippen LogP contribution in [0.4, 0.5) is 10.5 Å². The van der Waals surface area contributed by atoms with Gasteiger partial charge in [0.25, 0.3) is 0 Å². The molecule has 4 aromatic rings. The zero-order valence-corrected chi connectivity index (χ0v) is 16.9. The van der Waals surface area contributed by atoms with Gasteiger partial charge in [0.1, 0.15) is 6.04 Å². The number of nitrogens with one attached hydrogen (secondary N) is 2. The van der Waals surface area contributed by atoms with E-state index in [4.69, 9.17) is 16.0 Å². The van der Waals surface area contributed by atoms with Crippen molar-refractivity contribution < 1.29 is 9.21 Å². The third kappa shape index (κ3) is 4.50. The monoisotopic (exact) mass is 418 g/mol. The van der Waals surface area contributed by atoms with Gasteiger partial charge in [-0.15, -0.1) is 10.2 Å². The molecular formula is C23H19ClN4O2. The van der Waals surface area contributed by atoms with Crippen LogP contribution in [-0.4, -0.2) is 16.2 Å². The number of carbonyl (C=O) groups excluding carboxylic acids is 1. The van der Waals surface area contributed by atoms with Crippen LogP contribution in [0.3, 0.4) is 0 Å². The molecule has 0 fully saturated rings.